The number of nitrogen functional groups attached to an aromatic ring is 1. The summed E-state index contributed by atoms with van der Waals surface area (Å²) in [6, 6.07) is 3.05. The number of nitro benzene ring substituents is 1. The van der Waals surface area contributed by atoms with Crippen molar-refractivity contribution in [2.45, 2.75) is 6.92 Å². The van der Waals surface area contributed by atoms with Crippen molar-refractivity contribution in [2.75, 3.05) is 11.6 Å². The zero-order chi connectivity index (χ0) is 11.4. The Morgan fingerprint density at radius 3 is 2.80 bits per heavy atom. The van der Waals surface area contributed by atoms with Gasteiger partial charge in [-0.3, -0.25) is 10.1 Å². The van der Waals surface area contributed by atoms with Crippen LogP contribution in [0.1, 0.15) is 11.1 Å². The van der Waals surface area contributed by atoms with Crippen LogP contribution in [0.4, 0.5) is 11.4 Å². The predicted octanol–water partition coefficient (Wildman–Crippen LogP) is 2.08. The molecule has 0 radical (unpaired) electrons. The fraction of sp³-hybridized carbons (Fsp3) is 0.200. The Morgan fingerprint density at radius 1 is 1.60 bits per heavy atom. The van der Waals surface area contributed by atoms with E-state index in [0.29, 0.717) is 11.1 Å². The van der Waals surface area contributed by atoms with Crippen LogP contribution in [0.3, 0.4) is 0 Å². The van der Waals surface area contributed by atoms with E-state index in [0.717, 1.165) is 0 Å². The molecule has 0 heterocycles. The molecule has 0 saturated carbocycles. The number of benzene rings is 1. The molecular formula is C10H9ClN2O2. The number of halogens is 1. The minimum absolute atomic E-state index is 0.117. The standard InChI is InChI=1S/C10H9ClN2O2/c1-7-5-8(3-2-4-11)6-9(10(7)12)13(14)15/h5-6H,4,12H2,1H3. The van der Waals surface area contributed by atoms with Crippen LogP contribution in [0.2, 0.25) is 0 Å². The monoisotopic (exact) mass is 224 g/mol. The van der Waals surface area contributed by atoms with Crippen LogP contribution in [0.15, 0.2) is 12.1 Å². The van der Waals surface area contributed by atoms with Crippen molar-refractivity contribution >= 4 is 23.0 Å². The second-order valence-electron chi connectivity index (χ2n) is 2.92. The predicted molar refractivity (Wildman–Crippen MR) is 59.8 cm³/mol. The molecule has 1 aromatic rings. The van der Waals surface area contributed by atoms with Crippen LogP contribution in [-0.4, -0.2) is 10.8 Å². The van der Waals surface area contributed by atoms with Gasteiger partial charge in [-0.1, -0.05) is 11.8 Å². The molecule has 5 heteroatoms. The smallest absolute Gasteiger partial charge is 0.293 e. The average molecular weight is 225 g/mol. The molecule has 0 unspecified atom stereocenters. The highest BCUT2D eigenvalue weighted by molar-refractivity contribution is 6.19. The number of hydrogen-bond donors (Lipinski definition) is 1. The first-order valence-corrected chi connectivity index (χ1v) is 4.69. The molecule has 78 valence electrons. The van der Waals surface area contributed by atoms with E-state index in [4.69, 9.17) is 17.3 Å². The van der Waals surface area contributed by atoms with Crippen molar-refractivity contribution in [3.63, 3.8) is 0 Å². The third kappa shape index (κ3) is 2.61. The quantitative estimate of drug-likeness (QED) is 0.261. The van der Waals surface area contributed by atoms with E-state index in [-0.39, 0.29) is 17.3 Å². The van der Waals surface area contributed by atoms with E-state index in [1.807, 2.05) is 0 Å². The lowest BCUT2D eigenvalue weighted by molar-refractivity contribution is -0.383. The second kappa shape index (κ2) is 4.67. The van der Waals surface area contributed by atoms with Crippen molar-refractivity contribution in [3.05, 3.63) is 33.4 Å². The molecule has 0 amide bonds. The highest BCUT2D eigenvalue weighted by Gasteiger charge is 2.14. The number of nitrogens with two attached hydrogens (primary N) is 1. The summed E-state index contributed by atoms with van der Waals surface area (Å²) in [5, 5.41) is 10.7. The van der Waals surface area contributed by atoms with E-state index >= 15 is 0 Å². The van der Waals surface area contributed by atoms with Gasteiger partial charge >= 0.3 is 0 Å². The average Bonchev–Trinajstić information content (AvgIpc) is 2.19. The Kier molecular flexibility index (Phi) is 3.53. The minimum Gasteiger partial charge on any atom is -0.393 e. The summed E-state index contributed by atoms with van der Waals surface area (Å²) in [5.74, 6) is 5.54. The number of nitrogens with zero attached hydrogens (tertiary/aromatic N) is 1. The molecule has 0 aromatic heterocycles. The topological polar surface area (TPSA) is 69.2 Å². The summed E-state index contributed by atoms with van der Waals surface area (Å²) < 4.78 is 0. The first-order chi connectivity index (χ1) is 7.06. The lowest BCUT2D eigenvalue weighted by atomic mass is 10.1. The van der Waals surface area contributed by atoms with Gasteiger partial charge in [-0.05, 0) is 18.6 Å². The lowest BCUT2D eigenvalue weighted by Gasteiger charge is -2.01. The summed E-state index contributed by atoms with van der Waals surface area (Å²) in [6.45, 7) is 1.70. The maximum absolute atomic E-state index is 10.7. The molecule has 0 aliphatic heterocycles. The van der Waals surface area contributed by atoms with E-state index in [9.17, 15) is 10.1 Å². The fourth-order valence-electron chi connectivity index (χ4n) is 1.14. The van der Waals surface area contributed by atoms with Gasteiger partial charge in [0.25, 0.3) is 5.69 Å². The fourth-order valence-corrected chi connectivity index (χ4v) is 1.21. The number of aryl methyl sites for hydroxylation is 1. The van der Waals surface area contributed by atoms with Gasteiger partial charge in [0.05, 0.1) is 10.8 Å². The molecule has 4 nitrogen and oxygen atoms in total. The van der Waals surface area contributed by atoms with Crippen molar-refractivity contribution in [1.29, 1.82) is 0 Å². The number of nitro groups is 1. The van der Waals surface area contributed by atoms with Crippen LogP contribution in [-0.2, 0) is 0 Å². The number of hydrogen-bond acceptors (Lipinski definition) is 3. The SMILES string of the molecule is Cc1cc(C#CCCl)cc([N+](=O)[O-])c1N. The van der Waals surface area contributed by atoms with E-state index in [1.54, 1.807) is 13.0 Å². The molecule has 0 bridgehead atoms. The third-order valence-corrected chi connectivity index (χ3v) is 1.99. The molecule has 2 N–H and O–H groups in total. The molecule has 0 atom stereocenters. The molecular weight excluding hydrogens is 216 g/mol. The van der Waals surface area contributed by atoms with Gasteiger partial charge < -0.3 is 5.73 Å². The van der Waals surface area contributed by atoms with E-state index in [1.165, 1.54) is 6.07 Å². The summed E-state index contributed by atoms with van der Waals surface area (Å²) >= 11 is 5.39. The first kappa shape index (κ1) is 11.3. The Balaban J connectivity index is 3.29. The largest absolute Gasteiger partial charge is 0.393 e. The number of alkyl halides is 1. The van der Waals surface area contributed by atoms with Crippen LogP contribution in [0, 0.1) is 28.9 Å². The zero-order valence-corrected chi connectivity index (χ0v) is 8.84. The van der Waals surface area contributed by atoms with Gasteiger partial charge in [-0.25, -0.2) is 0 Å². The molecule has 1 rings (SSSR count). The molecule has 15 heavy (non-hydrogen) atoms. The Bertz CT molecular complexity index is 460. The van der Waals surface area contributed by atoms with Gasteiger partial charge in [0.1, 0.15) is 5.69 Å². The van der Waals surface area contributed by atoms with E-state index < -0.39 is 4.92 Å². The highest BCUT2D eigenvalue weighted by Crippen LogP contribution is 2.26. The van der Waals surface area contributed by atoms with Gasteiger partial charge in [0.15, 0.2) is 0 Å². The molecule has 1 aromatic carbocycles. The third-order valence-electron chi connectivity index (χ3n) is 1.86. The van der Waals surface area contributed by atoms with Crippen LogP contribution in [0.25, 0.3) is 0 Å². The summed E-state index contributed by atoms with van der Waals surface area (Å²) in [4.78, 5) is 10.1. The number of rotatable bonds is 1. The van der Waals surface area contributed by atoms with Crippen LogP contribution >= 0.6 is 11.6 Å². The minimum atomic E-state index is -0.520. The van der Waals surface area contributed by atoms with E-state index in [2.05, 4.69) is 11.8 Å². The molecule has 0 aliphatic rings. The molecule has 0 saturated heterocycles. The van der Waals surface area contributed by atoms with Crippen LogP contribution < -0.4 is 5.73 Å². The molecule has 0 aliphatic carbocycles. The van der Waals surface area contributed by atoms with Gasteiger partial charge in [-0.2, -0.15) is 0 Å². The molecule has 0 fully saturated rings. The van der Waals surface area contributed by atoms with Crippen molar-refractivity contribution in [3.8, 4) is 11.8 Å². The summed E-state index contributed by atoms with van der Waals surface area (Å²) in [7, 11) is 0. The number of anilines is 1. The summed E-state index contributed by atoms with van der Waals surface area (Å²) in [5.41, 5.74) is 6.82. The first-order valence-electron chi connectivity index (χ1n) is 4.15. The Hall–Kier alpha value is -1.73. The van der Waals surface area contributed by atoms with Gasteiger partial charge in [-0.15, -0.1) is 11.6 Å². The van der Waals surface area contributed by atoms with Crippen molar-refractivity contribution < 1.29 is 4.92 Å². The zero-order valence-electron chi connectivity index (χ0n) is 8.08. The second-order valence-corrected chi connectivity index (χ2v) is 3.19. The highest BCUT2D eigenvalue weighted by atomic mass is 35.5. The molecule has 0 spiro atoms. The summed E-state index contributed by atoms with van der Waals surface area (Å²) in [6.07, 6.45) is 0. The maximum Gasteiger partial charge on any atom is 0.293 e. The normalized spacial score (nSPS) is 9.20. The maximum atomic E-state index is 10.7. The van der Waals surface area contributed by atoms with Crippen molar-refractivity contribution in [1.82, 2.24) is 0 Å². The van der Waals surface area contributed by atoms with Crippen molar-refractivity contribution in [2.24, 2.45) is 0 Å². The Morgan fingerprint density at radius 2 is 2.27 bits per heavy atom. The lowest BCUT2D eigenvalue weighted by Crippen LogP contribution is -1.98. The van der Waals surface area contributed by atoms with Crippen LogP contribution in [0.5, 0.6) is 0 Å². The Labute approximate surface area is 92.2 Å². The van der Waals surface area contributed by atoms with Gasteiger partial charge in [0.2, 0.25) is 0 Å². The van der Waals surface area contributed by atoms with Gasteiger partial charge in [0, 0.05) is 11.6 Å².